The second kappa shape index (κ2) is 2.58. The van der Waals surface area contributed by atoms with Crippen LogP contribution in [0.1, 0.15) is 6.42 Å². The van der Waals surface area contributed by atoms with Gasteiger partial charge in [0.15, 0.2) is 0 Å². The molecular weight excluding hydrogens is 196 g/mol. The van der Waals surface area contributed by atoms with Crippen LogP contribution in [0, 0.1) is 0 Å². The minimum Gasteiger partial charge on any atom is -0.508 e. The van der Waals surface area contributed by atoms with E-state index in [9.17, 15) is 4.79 Å². The number of carbonyl (C=O) groups excluding carboxylic acids is 1. The van der Waals surface area contributed by atoms with Crippen molar-refractivity contribution in [2.75, 3.05) is 0 Å². The lowest BCUT2D eigenvalue weighted by atomic mass is 10.0. The highest BCUT2D eigenvalue weighted by Gasteiger charge is 2.24. The predicted octanol–water partition coefficient (Wildman–Crippen LogP) is 1.72. The molecule has 0 aromatic rings. The summed E-state index contributed by atoms with van der Waals surface area (Å²) >= 11 is 3.18. The number of aldehydes is 1. The van der Waals surface area contributed by atoms with Crippen LogP contribution in [-0.2, 0) is 4.79 Å². The third-order valence-electron chi connectivity index (χ3n) is 1.30. The predicted molar refractivity (Wildman–Crippen MR) is 42.2 cm³/mol. The lowest BCUT2D eigenvalue weighted by molar-refractivity contribution is -0.108. The molecule has 2 nitrogen and oxygen atoms in total. The molecule has 1 rings (SSSR count). The van der Waals surface area contributed by atoms with Gasteiger partial charge in [-0.1, -0.05) is 22.0 Å². The molecule has 0 fully saturated rings. The molecule has 0 radical (unpaired) electrons. The Bertz CT molecular complexity index is 208. The van der Waals surface area contributed by atoms with Crippen molar-refractivity contribution in [3.05, 3.63) is 24.0 Å². The third kappa shape index (κ3) is 1.48. The smallest absolute Gasteiger partial charge is 0.141 e. The number of rotatable bonds is 1. The van der Waals surface area contributed by atoms with E-state index in [0.717, 1.165) is 6.29 Å². The van der Waals surface area contributed by atoms with Gasteiger partial charge in [-0.2, -0.15) is 0 Å². The Morgan fingerprint density at radius 3 is 2.90 bits per heavy atom. The van der Waals surface area contributed by atoms with E-state index in [1.54, 1.807) is 12.2 Å². The highest BCUT2D eigenvalue weighted by Crippen LogP contribution is 2.26. The maximum Gasteiger partial charge on any atom is 0.141 e. The molecule has 1 atom stereocenters. The summed E-state index contributed by atoms with van der Waals surface area (Å²) in [4.78, 5) is 10.4. The van der Waals surface area contributed by atoms with Gasteiger partial charge in [-0.25, -0.2) is 0 Å². The topological polar surface area (TPSA) is 37.3 Å². The summed E-state index contributed by atoms with van der Waals surface area (Å²) < 4.78 is -0.675. The van der Waals surface area contributed by atoms with E-state index in [1.165, 1.54) is 6.08 Å². The zero-order valence-electron chi connectivity index (χ0n) is 5.25. The Kier molecular flexibility index (Phi) is 1.94. The average molecular weight is 203 g/mol. The Labute approximate surface area is 67.4 Å². The SMILES string of the molecule is O=CC1(Br)C=C(O)C=CC1. The fourth-order valence-corrected chi connectivity index (χ4v) is 1.22. The Hall–Kier alpha value is -0.570. The van der Waals surface area contributed by atoms with Crippen molar-refractivity contribution in [1.82, 2.24) is 0 Å². The molecule has 0 aromatic heterocycles. The third-order valence-corrected chi connectivity index (χ3v) is 2.04. The molecule has 1 aliphatic rings. The summed E-state index contributed by atoms with van der Waals surface area (Å²) in [6, 6.07) is 0. The molecule has 1 aliphatic carbocycles. The number of allylic oxidation sites excluding steroid dienone is 3. The molecule has 1 unspecified atom stereocenters. The van der Waals surface area contributed by atoms with Crippen LogP contribution in [0.5, 0.6) is 0 Å². The van der Waals surface area contributed by atoms with Crippen molar-refractivity contribution in [2.24, 2.45) is 0 Å². The van der Waals surface area contributed by atoms with Crippen molar-refractivity contribution in [1.29, 1.82) is 0 Å². The fraction of sp³-hybridized carbons (Fsp3) is 0.286. The van der Waals surface area contributed by atoms with Crippen LogP contribution in [0.15, 0.2) is 24.0 Å². The zero-order chi connectivity index (χ0) is 7.61. The second-order valence-corrected chi connectivity index (χ2v) is 3.70. The second-order valence-electron chi connectivity index (χ2n) is 2.22. The van der Waals surface area contributed by atoms with Crippen LogP contribution in [0.25, 0.3) is 0 Å². The summed E-state index contributed by atoms with van der Waals surface area (Å²) in [6.07, 6.45) is 6.18. The van der Waals surface area contributed by atoms with E-state index in [4.69, 9.17) is 5.11 Å². The van der Waals surface area contributed by atoms with Crippen LogP contribution in [-0.4, -0.2) is 15.7 Å². The molecule has 0 aliphatic heterocycles. The van der Waals surface area contributed by atoms with E-state index >= 15 is 0 Å². The molecule has 0 saturated heterocycles. The molecule has 0 bridgehead atoms. The van der Waals surface area contributed by atoms with Gasteiger partial charge < -0.3 is 9.90 Å². The summed E-state index contributed by atoms with van der Waals surface area (Å²) in [7, 11) is 0. The monoisotopic (exact) mass is 202 g/mol. The molecule has 0 spiro atoms. The van der Waals surface area contributed by atoms with Gasteiger partial charge in [-0.05, 0) is 18.6 Å². The van der Waals surface area contributed by atoms with Gasteiger partial charge in [-0.15, -0.1) is 0 Å². The van der Waals surface area contributed by atoms with Crippen molar-refractivity contribution in [3.63, 3.8) is 0 Å². The van der Waals surface area contributed by atoms with E-state index in [-0.39, 0.29) is 5.76 Å². The molecule has 3 heteroatoms. The molecule has 54 valence electrons. The Balaban J connectivity index is 2.86. The molecule has 0 saturated carbocycles. The molecule has 0 heterocycles. The van der Waals surface area contributed by atoms with Gasteiger partial charge >= 0.3 is 0 Å². The van der Waals surface area contributed by atoms with E-state index in [1.807, 2.05) is 0 Å². The average Bonchev–Trinajstić information content (AvgIpc) is 1.88. The first kappa shape index (κ1) is 7.54. The summed E-state index contributed by atoms with van der Waals surface area (Å²) in [5.74, 6) is 0.134. The van der Waals surface area contributed by atoms with E-state index in [0.29, 0.717) is 6.42 Å². The number of hydrogen-bond acceptors (Lipinski definition) is 2. The van der Waals surface area contributed by atoms with Gasteiger partial charge in [0.1, 0.15) is 16.4 Å². The largest absolute Gasteiger partial charge is 0.508 e. The van der Waals surface area contributed by atoms with Crippen molar-refractivity contribution in [2.45, 2.75) is 10.7 Å². The molecule has 1 N–H and O–H groups in total. The number of aliphatic hydroxyl groups is 1. The highest BCUT2D eigenvalue weighted by atomic mass is 79.9. The first-order valence-electron chi connectivity index (χ1n) is 2.90. The van der Waals surface area contributed by atoms with E-state index in [2.05, 4.69) is 15.9 Å². The zero-order valence-corrected chi connectivity index (χ0v) is 6.84. The molecular formula is C7H7BrO2. The number of hydrogen-bond donors (Lipinski definition) is 1. The fourth-order valence-electron chi connectivity index (χ4n) is 0.795. The van der Waals surface area contributed by atoms with Crippen molar-refractivity contribution >= 4 is 22.2 Å². The molecule has 0 aromatic carbocycles. The Morgan fingerprint density at radius 2 is 2.50 bits per heavy atom. The lowest BCUT2D eigenvalue weighted by Crippen LogP contribution is -2.20. The standard InChI is InChI=1S/C7H7BrO2/c8-7(5-9)3-1-2-6(10)4-7/h1-2,4-5,10H,3H2. The van der Waals surface area contributed by atoms with Gasteiger partial charge in [-0.3, -0.25) is 0 Å². The van der Waals surface area contributed by atoms with Crippen LogP contribution in [0.3, 0.4) is 0 Å². The number of halogens is 1. The maximum absolute atomic E-state index is 10.4. The summed E-state index contributed by atoms with van der Waals surface area (Å²) in [6.45, 7) is 0. The molecule has 10 heavy (non-hydrogen) atoms. The normalized spacial score (nSPS) is 31.5. The molecule has 0 amide bonds. The Morgan fingerprint density at radius 1 is 1.80 bits per heavy atom. The van der Waals surface area contributed by atoms with Crippen molar-refractivity contribution in [3.8, 4) is 0 Å². The van der Waals surface area contributed by atoms with Crippen LogP contribution in [0.4, 0.5) is 0 Å². The quantitative estimate of drug-likeness (QED) is 0.520. The number of carbonyl (C=O) groups is 1. The van der Waals surface area contributed by atoms with Gasteiger partial charge in [0.05, 0.1) is 0 Å². The van der Waals surface area contributed by atoms with Gasteiger partial charge in [0.2, 0.25) is 0 Å². The van der Waals surface area contributed by atoms with Crippen LogP contribution in [0.2, 0.25) is 0 Å². The van der Waals surface area contributed by atoms with Gasteiger partial charge in [0, 0.05) is 0 Å². The summed E-state index contributed by atoms with van der Waals surface area (Å²) in [5.41, 5.74) is 0. The first-order chi connectivity index (χ1) is 4.66. The van der Waals surface area contributed by atoms with Crippen LogP contribution < -0.4 is 0 Å². The lowest BCUT2D eigenvalue weighted by Gasteiger charge is -2.16. The maximum atomic E-state index is 10.4. The minimum atomic E-state index is -0.675. The minimum absolute atomic E-state index is 0.134. The highest BCUT2D eigenvalue weighted by molar-refractivity contribution is 9.10. The van der Waals surface area contributed by atoms with Crippen molar-refractivity contribution < 1.29 is 9.90 Å². The number of aliphatic hydroxyl groups excluding tert-OH is 1. The van der Waals surface area contributed by atoms with Crippen LogP contribution >= 0.6 is 15.9 Å². The first-order valence-corrected chi connectivity index (χ1v) is 3.69. The van der Waals surface area contributed by atoms with E-state index < -0.39 is 4.32 Å². The summed E-state index contributed by atoms with van der Waals surface area (Å²) in [5, 5.41) is 8.96. The number of alkyl halides is 1. The van der Waals surface area contributed by atoms with Gasteiger partial charge in [0.25, 0.3) is 0 Å².